The van der Waals surface area contributed by atoms with Crippen molar-refractivity contribution < 1.29 is 8.42 Å². The minimum absolute atomic E-state index is 0.0597. The van der Waals surface area contributed by atoms with Gasteiger partial charge in [0, 0.05) is 18.8 Å². The zero-order valence-corrected chi connectivity index (χ0v) is 13.7. The number of halogens is 3. The molecule has 10 heteroatoms. The van der Waals surface area contributed by atoms with Crippen LogP contribution in [0.15, 0.2) is 9.63 Å². The number of nitrogens with one attached hydrogen (secondary N) is 1. The van der Waals surface area contributed by atoms with E-state index in [1.54, 1.807) is 0 Å². The van der Waals surface area contributed by atoms with Crippen molar-refractivity contribution in [1.82, 2.24) is 19.7 Å². The Hall–Kier alpha value is 0.110. The molecule has 6 nitrogen and oxygen atoms in total. The van der Waals surface area contributed by atoms with Gasteiger partial charge in [0.2, 0.25) is 5.03 Å². The first-order chi connectivity index (χ1) is 8.32. The predicted molar refractivity (Wildman–Crippen MR) is 73.5 cm³/mol. The third kappa shape index (κ3) is 3.16. The van der Waals surface area contributed by atoms with Gasteiger partial charge in [-0.15, -0.1) is 28.3 Å². The summed E-state index contributed by atoms with van der Waals surface area (Å²) in [5.41, 5.74) is -0.883. The molecule has 0 spiro atoms. The Labute approximate surface area is 124 Å². The van der Waals surface area contributed by atoms with E-state index in [2.05, 4.69) is 31.0 Å². The Morgan fingerprint density at radius 2 is 2.00 bits per heavy atom. The minimum atomic E-state index is -3.80. The molecule has 0 aromatic carbocycles. The second-order valence-corrected chi connectivity index (χ2v) is 6.70. The van der Waals surface area contributed by atoms with Crippen LogP contribution in [0.3, 0.4) is 0 Å². The van der Waals surface area contributed by atoms with Gasteiger partial charge in [-0.3, -0.25) is 0 Å². The summed E-state index contributed by atoms with van der Waals surface area (Å²) in [4.78, 5) is 0. The number of aromatic nitrogens is 3. The Bertz CT molecular complexity index is 487. The van der Waals surface area contributed by atoms with Crippen molar-refractivity contribution in [3.05, 3.63) is 4.60 Å². The van der Waals surface area contributed by atoms with Crippen LogP contribution >= 0.6 is 39.1 Å². The Morgan fingerprint density at radius 3 is 2.33 bits per heavy atom. The largest absolute Gasteiger partial charge is 0.261 e. The maximum absolute atomic E-state index is 12.3. The van der Waals surface area contributed by atoms with Gasteiger partial charge in [-0.05, 0) is 22.4 Å². The Balaban J connectivity index is 3.17. The lowest BCUT2D eigenvalue weighted by Gasteiger charge is -2.28. The van der Waals surface area contributed by atoms with Crippen LogP contribution in [0.2, 0.25) is 0 Å². The molecule has 0 atom stereocenters. The summed E-state index contributed by atoms with van der Waals surface area (Å²) in [6.07, 6.45) is 0.474. The molecule has 0 aliphatic carbocycles. The monoisotopic (exact) mass is 378 g/mol. The predicted octanol–water partition coefficient (Wildman–Crippen LogP) is 1.48. The van der Waals surface area contributed by atoms with Crippen LogP contribution in [0.1, 0.15) is 13.3 Å². The zero-order chi connectivity index (χ0) is 14.0. The van der Waals surface area contributed by atoms with Crippen molar-refractivity contribution in [3.63, 3.8) is 0 Å². The van der Waals surface area contributed by atoms with Gasteiger partial charge >= 0.3 is 0 Å². The quantitative estimate of drug-likeness (QED) is 0.759. The molecule has 1 heterocycles. The first kappa shape index (κ1) is 16.2. The van der Waals surface area contributed by atoms with Gasteiger partial charge in [-0.1, -0.05) is 12.1 Å². The average molecular weight is 380 g/mol. The normalized spacial score (nSPS) is 12.9. The van der Waals surface area contributed by atoms with Crippen LogP contribution in [-0.2, 0) is 17.1 Å². The third-order valence-electron chi connectivity index (χ3n) is 2.53. The van der Waals surface area contributed by atoms with E-state index in [1.807, 2.05) is 6.92 Å². The molecule has 0 saturated heterocycles. The van der Waals surface area contributed by atoms with Crippen molar-refractivity contribution >= 4 is 49.2 Å². The number of hydrogen-bond acceptors (Lipinski definition) is 4. The summed E-state index contributed by atoms with van der Waals surface area (Å²) in [5.74, 6) is 0.157. The van der Waals surface area contributed by atoms with Gasteiger partial charge in [-0.2, -0.15) is 0 Å². The fourth-order valence-corrected chi connectivity index (χ4v) is 4.82. The van der Waals surface area contributed by atoms with Gasteiger partial charge in [0.15, 0.2) is 4.60 Å². The number of rotatable bonds is 6. The summed E-state index contributed by atoms with van der Waals surface area (Å²) in [6.45, 7) is 1.81. The molecular formula is C8H13BrCl2N4O2S. The second kappa shape index (κ2) is 6.04. The summed E-state index contributed by atoms with van der Waals surface area (Å²) in [6, 6.07) is 0. The van der Waals surface area contributed by atoms with Crippen LogP contribution in [-0.4, -0.2) is 40.7 Å². The van der Waals surface area contributed by atoms with Crippen molar-refractivity contribution in [2.24, 2.45) is 7.05 Å². The highest BCUT2D eigenvalue weighted by Gasteiger charge is 2.35. The van der Waals surface area contributed by atoms with Crippen LogP contribution in [0.4, 0.5) is 0 Å². The molecule has 1 aromatic rings. The molecule has 0 aliphatic rings. The molecule has 0 aliphatic heterocycles. The standard InChI is InChI=1S/C8H13BrCl2N4O2S/c1-3-8(4-10,5-11)13-18(16,17)7-6(9)12-14-15(7)2/h13H,3-5H2,1-2H3. The van der Waals surface area contributed by atoms with Crippen LogP contribution in [0.25, 0.3) is 0 Å². The van der Waals surface area contributed by atoms with E-state index in [4.69, 9.17) is 23.2 Å². The highest BCUT2D eigenvalue weighted by molar-refractivity contribution is 9.10. The summed E-state index contributed by atoms with van der Waals surface area (Å²) in [5, 5.41) is 7.20. The first-order valence-electron chi connectivity index (χ1n) is 5.03. The molecule has 18 heavy (non-hydrogen) atoms. The SMILES string of the molecule is CCC(CCl)(CCl)NS(=O)(=O)c1c(Br)nnn1C. The Morgan fingerprint density at radius 1 is 1.44 bits per heavy atom. The first-order valence-corrected chi connectivity index (χ1v) is 8.37. The molecule has 0 unspecified atom stereocenters. The van der Waals surface area contributed by atoms with E-state index >= 15 is 0 Å². The van der Waals surface area contributed by atoms with Crippen LogP contribution in [0, 0.1) is 0 Å². The molecular weight excluding hydrogens is 367 g/mol. The van der Waals surface area contributed by atoms with Crippen LogP contribution in [0.5, 0.6) is 0 Å². The van der Waals surface area contributed by atoms with Gasteiger partial charge in [0.1, 0.15) is 0 Å². The van der Waals surface area contributed by atoms with Crippen LogP contribution < -0.4 is 4.72 Å². The van der Waals surface area contributed by atoms with Crippen molar-refractivity contribution in [2.75, 3.05) is 11.8 Å². The molecule has 0 radical (unpaired) electrons. The number of aryl methyl sites for hydroxylation is 1. The fraction of sp³-hybridized carbons (Fsp3) is 0.750. The third-order valence-corrected chi connectivity index (χ3v) is 6.02. The number of sulfonamides is 1. The average Bonchev–Trinajstić information content (AvgIpc) is 2.67. The maximum Gasteiger partial charge on any atom is 0.261 e. The van der Waals surface area contributed by atoms with E-state index in [0.29, 0.717) is 6.42 Å². The van der Waals surface area contributed by atoms with Crippen molar-refractivity contribution in [3.8, 4) is 0 Å². The number of nitrogens with zero attached hydrogens (tertiary/aromatic N) is 3. The number of alkyl halides is 2. The van der Waals surface area contributed by atoms with Crippen molar-refractivity contribution in [2.45, 2.75) is 23.9 Å². The fourth-order valence-electron chi connectivity index (χ4n) is 1.29. The van der Waals surface area contributed by atoms with Crippen molar-refractivity contribution in [1.29, 1.82) is 0 Å². The van der Waals surface area contributed by atoms with Gasteiger partial charge < -0.3 is 0 Å². The van der Waals surface area contributed by atoms with Gasteiger partial charge in [-0.25, -0.2) is 17.8 Å². The smallest absolute Gasteiger partial charge is 0.235 e. The maximum atomic E-state index is 12.3. The molecule has 1 rings (SSSR count). The molecule has 1 aromatic heterocycles. The molecule has 104 valence electrons. The Kier molecular flexibility index (Phi) is 5.43. The van der Waals surface area contributed by atoms with E-state index in [1.165, 1.54) is 7.05 Å². The summed E-state index contributed by atoms with van der Waals surface area (Å²) >= 11 is 14.7. The highest BCUT2D eigenvalue weighted by Crippen LogP contribution is 2.22. The molecule has 1 N–H and O–H groups in total. The minimum Gasteiger partial charge on any atom is -0.235 e. The molecule has 0 fully saturated rings. The van der Waals surface area contributed by atoms with Gasteiger partial charge in [0.05, 0.1) is 5.54 Å². The van der Waals surface area contributed by atoms with E-state index < -0.39 is 15.6 Å². The lowest BCUT2D eigenvalue weighted by Crippen LogP contribution is -2.51. The summed E-state index contributed by atoms with van der Waals surface area (Å²) < 4.78 is 28.4. The van der Waals surface area contributed by atoms with E-state index in [0.717, 1.165) is 4.68 Å². The summed E-state index contributed by atoms with van der Waals surface area (Å²) in [7, 11) is -2.31. The van der Waals surface area contributed by atoms with Gasteiger partial charge in [0.25, 0.3) is 10.0 Å². The van der Waals surface area contributed by atoms with E-state index in [-0.39, 0.29) is 21.4 Å². The number of hydrogen-bond donors (Lipinski definition) is 1. The highest BCUT2D eigenvalue weighted by atomic mass is 79.9. The lowest BCUT2D eigenvalue weighted by atomic mass is 10.0. The zero-order valence-electron chi connectivity index (χ0n) is 9.82. The molecule has 0 bridgehead atoms. The molecule has 0 amide bonds. The second-order valence-electron chi connectivity index (χ2n) is 3.82. The van der Waals surface area contributed by atoms with E-state index in [9.17, 15) is 8.42 Å². The topological polar surface area (TPSA) is 76.9 Å². The molecule has 0 saturated carbocycles. The lowest BCUT2D eigenvalue weighted by molar-refractivity contribution is 0.445.